The first-order valence-electron chi connectivity index (χ1n) is 9.89. The second kappa shape index (κ2) is 9.38. The molecule has 1 aliphatic rings. The van der Waals surface area contributed by atoms with Gasteiger partial charge in [0.05, 0.1) is 38.9 Å². The Morgan fingerprint density at radius 1 is 1.13 bits per heavy atom. The van der Waals surface area contributed by atoms with Crippen LogP contribution in [0.3, 0.4) is 0 Å². The van der Waals surface area contributed by atoms with E-state index in [1.54, 1.807) is 25.1 Å². The molecule has 0 radical (unpaired) electrons. The Labute approximate surface area is 174 Å². The number of carbonyl (C=O) groups is 1. The van der Waals surface area contributed by atoms with Gasteiger partial charge in [0, 0.05) is 19.3 Å². The lowest BCUT2D eigenvalue weighted by molar-refractivity contribution is -0.892. The summed E-state index contributed by atoms with van der Waals surface area (Å²) in [7, 11) is 3.39. The summed E-state index contributed by atoms with van der Waals surface area (Å²) in [5.41, 5.74) is 0.934. The number of piperazine rings is 1. The van der Waals surface area contributed by atoms with E-state index >= 15 is 0 Å². The van der Waals surface area contributed by atoms with Crippen LogP contribution >= 0.6 is 0 Å². The summed E-state index contributed by atoms with van der Waals surface area (Å²) >= 11 is 0. The molecule has 0 bridgehead atoms. The molecule has 1 aliphatic heterocycles. The van der Waals surface area contributed by atoms with Crippen molar-refractivity contribution < 1.29 is 27.6 Å². The van der Waals surface area contributed by atoms with Crippen molar-refractivity contribution >= 4 is 11.6 Å². The highest BCUT2D eigenvalue weighted by molar-refractivity contribution is 5.76. The fraction of sp³-hybridized carbons (Fsp3) is 0.409. The van der Waals surface area contributed by atoms with E-state index < -0.39 is 11.7 Å². The average molecular weight is 422 g/mol. The van der Waals surface area contributed by atoms with Gasteiger partial charge in [-0.2, -0.15) is 13.2 Å². The normalized spacial score (nSPS) is 15.2. The highest BCUT2D eigenvalue weighted by Gasteiger charge is 2.31. The number of quaternary nitrogens is 1. The molecule has 1 fully saturated rings. The summed E-state index contributed by atoms with van der Waals surface area (Å²) in [4.78, 5) is 17.4. The Kier molecular flexibility index (Phi) is 6.87. The van der Waals surface area contributed by atoms with Crippen LogP contribution in [-0.2, 0) is 17.5 Å². The molecule has 0 atom stereocenters. The number of hydrogen-bond acceptors (Lipinski definition) is 3. The fourth-order valence-corrected chi connectivity index (χ4v) is 3.62. The predicted molar refractivity (Wildman–Crippen MR) is 109 cm³/mol. The number of nitrogens with one attached hydrogen (secondary N) is 1. The quantitative estimate of drug-likeness (QED) is 0.775. The molecule has 1 heterocycles. The van der Waals surface area contributed by atoms with Crippen molar-refractivity contribution in [3.8, 4) is 5.75 Å². The third-order valence-electron chi connectivity index (χ3n) is 5.39. The van der Waals surface area contributed by atoms with Gasteiger partial charge >= 0.3 is 6.18 Å². The highest BCUT2D eigenvalue weighted by Crippen LogP contribution is 2.31. The first kappa shape index (κ1) is 22.0. The number of ether oxygens (including phenoxy) is 1. The van der Waals surface area contributed by atoms with Crippen LogP contribution in [-0.4, -0.2) is 57.7 Å². The van der Waals surface area contributed by atoms with Gasteiger partial charge in [0.15, 0.2) is 6.54 Å². The summed E-state index contributed by atoms with van der Waals surface area (Å²) in [6.45, 7) is 3.51. The lowest BCUT2D eigenvalue weighted by atomic mass is 10.1. The Bertz CT molecular complexity index is 865. The van der Waals surface area contributed by atoms with Gasteiger partial charge in [-0.25, -0.2) is 0 Å². The number of carbonyl (C=O) groups excluding carboxylic acids is 1. The number of methoxy groups -OCH3 is 1. The molecule has 1 N–H and O–H groups in total. The molecule has 0 aliphatic carbocycles. The Hall–Kier alpha value is -2.74. The predicted octanol–water partition coefficient (Wildman–Crippen LogP) is 2.08. The van der Waals surface area contributed by atoms with Crippen molar-refractivity contribution in [1.82, 2.24) is 4.90 Å². The van der Waals surface area contributed by atoms with Crippen molar-refractivity contribution in [1.29, 1.82) is 0 Å². The highest BCUT2D eigenvalue weighted by atomic mass is 19.4. The van der Waals surface area contributed by atoms with E-state index in [-0.39, 0.29) is 5.91 Å². The number of rotatable bonds is 6. The second-order valence-electron chi connectivity index (χ2n) is 7.56. The summed E-state index contributed by atoms with van der Waals surface area (Å²) < 4.78 is 44.0. The van der Waals surface area contributed by atoms with E-state index in [0.717, 1.165) is 22.3 Å². The molecule has 2 aromatic carbocycles. The smallest absolute Gasteiger partial charge is 0.416 e. The lowest BCUT2D eigenvalue weighted by Gasteiger charge is -2.34. The minimum Gasteiger partial charge on any atom is -0.497 e. The van der Waals surface area contributed by atoms with E-state index in [0.29, 0.717) is 45.0 Å². The maximum atomic E-state index is 12.9. The van der Waals surface area contributed by atoms with E-state index in [9.17, 15) is 18.0 Å². The minimum absolute atomic E-state index is 0.0420. The third kappa shape index (κ3) is 5.66. The number of halogens is 3. The molecule has 0 unspecified atom stereocenters. The lowest BCUT2D eigenvalue weighted by Crippen LogP contribution is -3.15. The number of anilines is 1. The number of alkyl halides is 3. The number of hydrogen-bond donors (Lipinski definition) is 1. The summed E-state index contributed by atoms with van der Waals surface area (Å²) in [5.74, 6) is 0.796. The van der Waals surface area contributed by atoms with Gasteiger partial charge in [-0.3, -0.25) is 4.79 Å². The second-order valence-corrected chi connectivity index (χ2v) is 7.56. The monoisotopic (exact) mass is 422 g/mol. The molecule has 0 spiro atoms. The van der Waals surface area contributed by atoms with Crippen LogP contribution in [0.4, 0.5) is 18.9 Å². The van der Waals surface area contributed by atoms with Crippen LogP contribution in [0.15, 0.2) is 48.5 Å². The molecule has 0 aromatic heterocycles. The van der Waals surface area contributed by atoms with Crippen LogP contribution in [0, 0.1) is 0 Å². The SMILES string of the molecule is COc1cccc(CN(C)C(=O)C[NH+]2CCN(c3cccc(C(F)(F)F)c3)CC2)c1. The van der Waals surface area contributed by atoms with Gasteiger partial charge < -0.3 is 19.4 Å². The van der Waals surface area contributed by atoms with Gasteiger partial charge in [0.25, 0.3) is 5.91 Å². The zero-order valence-corrected chi connectivity index (χ0v) is 17.2. The van der Waals surface area contributed by atoms with E-state index in [2.05, 4.69) is 0 Å². The van der Waals surface area contributed by atoms with Gasteiger partial charge in [-0.1, -0.05) is 18.2 Å². The average Bonchev–Trinajstić information content (AvgIpc) is 2.74. The van der Waals surface area contributed by atoms with Gasteiger partial charge in [0.1, 0.15) is 5.75 Å². The largest absolute Gasteiger partial charge is 0.497 e. The molecular weight excluding hydrogens is 395 g/mol. The van der Waals surface area contributed by atoms with Crippen LogP contribution in [0.25, 0.3) is 0 Å². The minimum atomic E-state index is -4.34. The van der Waals surface area contributed by atoms with Crippen LogP contribution in [0.1, 0.15) is 11.1 Å². The summed E-state index contributed by atoms with van der Waals surface area (Å²) in [5, 5.41) is 0. The molecule has 1 saturated heterocycles. The number of benzene rings is 2. The number of nitrogens with zero attached hydrogens (tertiary/aromatic N) is 2. The first-order valence-corrected chi connectivity index (χ1v) is 9.89. The Balaban J connectivity index is 1.51. The van der Waals surface area contributed by atoms with Crippen molar-refractivity contribution in [2.45, 2.75) is 12.7 Å². The fourth-order valence-electron chi connectivity index (χ4n) is 3.62. The summed E-state index contributed by atoms with van der Waals surface area (Å²) in [6.07, 6.45) is -4.34. The Morgan fingerprint density at radius 3 is 2.50 bits per heavy atom. The molecule has 162 valence electrons. The zero-order valence-electron chi connectivity index (χ0n) is 17.2. The zero-order chi connectivity index (χ0) is 21.7. The van der Waals surface area contributed by atoms with Crippen molar-refractivity contribution in [3.63, 3.8) is 0 Å². The van der Waals surface area contributed by atoms with E-state index in [1.807, 2.05) is 29.2 Å². The van der Waals surface area contributed by atoms with Gasteiger partial charge in [0.2, 0.25) is 0 Å². The van der Waals surface area contributed by atoms with E-state index in [4.69, 9.17) is 4.74 Å². The molecule has 0 saturated carbocycles. The Morgan fingerprint density at radius 2 is 1.83 bits per heavy atom. The standard InChI is InChI=1S/C22H26F3N3O2/c1-26(15-17-5-3-8-20(13-17)30-2)21(29)16-27-9-11-28(12-10-27)19-7-4-6-18(14-19)22(23,24)25/h3-8,13-14H,9-12,15-16H2,1-2H3/p+1. The molecule has 8 heteroatoms. The van der Waals surface area contributed by atoms with Crippen LogP contribution < -0.4 is 14.5 Å². The molecule has 2 aromatic rings. The molecule has 30 heavy (non-hydrogen) atoms. The number of amides is 1. The van der Waals surface area contributed by atoms with Crippen LogP contribution in [0.5, 0.6) is 5.75 Å². The van der Waals surface area contributed by atoms with Crippen molar-refractivity contribution in [3.05, 3.63) is 59.7 Å². The number of likely N-dealkylation sites (N-methyl/N-ethyl adjacent to an activating group) is 1. The third-order valence-corrected chi connectivity index (χ3v) is 5.39. The van der Waals surface area contributed by atoms with Crippen molar-refractivity contribution in [2.75, 3.05) is 51.8 Å². The summed E-state index contributed by atoms with van der Waals surface area (Å²) in [6, 6.07) is 13.0. The van der Waals surface area contributed by atoms with Gasteiger partial charge in [-0.05, 0) is 35.9 Å². The topological polar surface area (TPSA) is 37.2 Å². The molecule has 1 amide bonds. The maximum Gasteiger partial charge on any atom is 0.416 e. The molecule has 3 rings (SSSR count). The van der Waals surface area contributed by atoms with Gasteiger partial charge in [-0.15, -0.1) is 0 Å². The van der Waals surface area contributed by atoms with Crippen LogP contribution in [0.2, 0.25) is 0 Å². The maximum absolute atomic E-state index is 12.9. The first-order chi connectivity index (χ1) is 14.3. The van der Waals surface area contributed by atoms with Crippen molar-refractivity contribution in [2.24, 2.45) is 0 Å². The molecule has 5 nitrogen and oxygen atoms in total. The molecular formula is C22H27F3N3O2+. The van der Waals surface area contributed by atoms with E-state index in [1.165, 1.54) is 12.1 Å².